The molecule has 0 radical (unpaired) electrons. The highest BCUT2D eigenvalue weighted by Crippen LogP contribution is 2.14. The first-order valence-corrected chi connectivity index (χ1v) is 7.04. The van der Waals surface area contributed by atoms with Crippen LogP contribution in [0.1, 0.15) is 11.3 Å². The minimum Gasteiger partial charge on any atom is -0.346 e. The Bertz CT molecular complexity index is 705. The molecular weight excluding hydrogens is 330 g/mol. The van der Waals surface area contributed by atoms with Gasteiger partial charge in [-0.25, -0.2) is 0 Å². The summed E-state index contributed by atoms with van der Waals surface area (Å²) in [4.78, 5) is 16.1. The second-order valence-electron chi connectivity index (χ2n) is 4.23. The van der Waals surface area contributed by atoms with Gasteiger partial charge in [-0.2, -0.15) is 5.26 Å². The van der Waals surface area contributed by atoms with Crippen LogP contribution in [-0.4, -0.2) is 10.9 Å². The van der Waals surface area contributed by atoms with Gasteiger partial charge in [0.05, 0.1) is 12.2 Å². The van der Waals surface area contributed by atoms with E-state index in [1.54, 1.807) is 18.3 Å². The lowest BCUT2D eigenvalue weighted by Crippen LogP contribution is -2.24. The van der Waals surface area contributed by atoms with Crippen LogP contribution in [0.5, 0.6) is 0 Å². The minimum atomic E-state index is -0.414. The van der Waals surface area contributed by atoms with Crippen LogP contribution in [0.25, 0.3) is 6.08 Å². The highest BCUT2D eigenvalue weighted by atomic mass is 79.9. The van der Waals surface area contributed by atoms with Gasteiger partial charge >= 0.3 is 0 Å². The summed E-state index contributed by atoms with van der Waals surface area (Å²) in [5, 5.41) is 11.8. The molecule has 104 valence electrons. The first-order chi connectivity index (χ1) is 10.2. The number of hydrogen-bond donors (Lipinski definition) is 1. The van der Waals surface area contributed by atoms with Gasteiger partial charge in [0, 0.05) is 10.7 Å². The van der Waals surface area contributed by atoms with E-state index in [-0.39, 0.29) is 12.1 Å². The van der Waals surface area contributed by atoms with Crippen molar-refractivity contribution in [1.82, 2.24) is 10.3 Å². The number of carbonyl (C=O) groups is 1. The summed E-state index contributed by atoms with van der Waals surface area (Å²) in [5.41, 5.74) is 1.59. The quantitative estimate of drug-likeness (QED) is 0.686. The van der Waals surface area contributed by atoms with Crippen LogP contribution in [0.3, 0.4) is 0 Å². The van der Waals surface area contributed by atoms with Gasteiger partial charge in [-0.05, 0) is 35.9 Å². The molecule has 0 fully saturated rings. The summed E-state index contributed by atoms with van der Waals surface area (Å²) in [7, 11) is 0. The molecule has 0 saturated carbocycles. The summed E-state index contributed by atoms with van der Waals surface area (Å²) >= 11 is 3.35. The van der Waals surface area contributed by atoms with Crippen molar-refractivity contribution in [3.05, 3.63) is 70.0 Å². The van der Waals surface area contributed by atoms with E-state index >= 15 is 0 Å². The van der Waals surface area contributed by atoms with E-state index in [1.165, 1.54) is 0 Å². The van der Waals surface area contributed by atoms with E-state index in [2.05, 4.69) is 26.2 Å². The van der Waals surface area contributed by atoms with Crippen molar-refractivity contribution < 1.29 is 4.79 Å². The monoisotopic (exact) mass is 341 g/mol. The van der Waals surface area contributed by atoms with Crippen LogP contribution >= 0.6 is 15.9 Å². The fourth-order valence-electron chi connectivity index (χ4n) is 1.68. The Morgan fingerprint density at radius 2 is 2.19 bits per heavy atom. The Labute approximate surface area is 131 Å². The predicted molar refractivity (Wildman–Crippen MR) is 83.8 cm³/mol. The third-order valence-electron chi connectivity index (χ3n) is 2.68. The molecule has 5 heteroatoms. The summed E-state index contributed by atoms with van der Waals surface area (Å²) in [6.45, 7) is 0.289. The second kappa shape index (κ2) is 7.36. The molecule has 0 unspecified atom stereocenters. The van der Waals surface area contributed by atoms with Gasteiger partial charge in [-0.1, -0.05) is 34.1 Å². The molecular formula is C16H12BrN3O. The van der Waals surface area contributed by atoms with Crippen LogP contribution in [-0.2, 0) is 11.3 Å². The van der Waals surface area contributed by atoms with E-state index in [1.807, 2.05) is 42.5 Å². The lowest BCUT2D eigenvalue weighted by Gasteiger charge is -2.03. The first-order valence-electron chi connectivity index (χ1n) is 6.24. The third kappa shape index (κ3) is 4.55. The average Bonchev–Trinajstić information content (AvgIpc) is 2.51. The van der Waals surface area contributed by atoms with Gasteiger partial charge in [0.15, 0.2) is 0 Å². The molecule has 21 heavy (non-hydrogen) atoms. The molecule has 4 nitrogen and oxygen atoms in total. The zero-order chi connectivity index (χ0) is 15.1. The smallest absolute Gasteiger partial charge is 0.262 e. The van der Waals surface area contributed by atoms with E-state index in [9.17, 15) is 4.79 Å². The van der Waals surface area contributed by atoms with Gasteiger partial charge in [0.2, 0.25) is 0 Å². The van der Waals surface area contributed by atoms with E-state index in [0.717, 1.165) is 15.7 Å². The fourth-order valence-corrected chi connectivity index (χ4v) is 2.10. The summed E-state index contributed by atoms with van der Waals surface area (Å²) in [6.07, 6.45) is 3.21. The third-order valence-corrected chi connectivity index (χ3v) is 3.17. The number of carbonyl (C=O) groups excluding carboxylic acids is 1. The van der Waals surface area contributed by atoms with Crippen LogP contribution in [0.15, 0.2) is 58.7 Å². The molecule has 0 bridgehead atoms. The number of hydrogen-bond acceptors (Lipinski definition) is 3. The summed E-state index contributed by atoms with van der Waals surface area (Å²) in [5.74, 6) is -0.414. The lowest BCUT2D eigenvalue weighted by molar-refractivity contribution is -0.117. The Morgan fingerprint density at radius 1 is 1.33 bits per heavy atom. The number of pyridine rings is 1. The number of nitrogens with zero attached hydrogens (tertiary/aromatic N) is 2. The topological polar surface area (TPSA) is 65.8 Å². The largest absolute Gasteiger partial charge is 0.346 e. The molecule has 0 atom stereocenters. The number of nitrogens with one attached hydrogen (secondary N) is 1. The Morgan fingerprint density at radius 3 is 2.86 bits per heavy atom. The fraction of sp³-hybridized carbons (Fsp3) is 0.0625. The highest BCUT2D eigenvalue weighted by molar-refractivity contribution is 9.10. The number of rotatable bonds is 4. The maximum absolute atomic E-state index is 12.0. The Kier molecular flexibility index (Phi) is 5.24. The van der Waals surface area contributed by atoms with Crippen molar-refractivity contribution in [2.75, 3.05) is 0 Å². The zero-order valence-electron chi connectivity index (χ0n) is 11.1. The Balaban J connectivity index is 2.07. The molecule has 2 rings (SSSR count). The van der Waals surface area contributed by atoms with E-state index < -0.39 is 5.91 Å². The van der Waals surface area contributed by atoms with Crippen LogP contribution in [0, 0.1) is 11.3 Å². The van der Waals surface area contributed by atoms with Gasteiger partial charge in [-0.3, -0.25) is 9.78 Å². The molecule has 0 spiro atoms. The molecule has 0 aliphatic carbocycles. The molecule has 1 amide bonds. The SMILES string of the molecule is N#C/C(=C\c1cccc(Br)c1)C(=O)NCc1ccccn1. The van der Waals surface area contributed by atoms with E-state index in [4.69, 9.17) is 5.26 Å². The normalized spacial score (nSPS) is 10.8. The lowest BCUT2D eigenvalue weighted by atomic mass is 10.1. The minimum absolute atomic E-state index is 0.0593. The van der Waals surface area contributed by atoms with Gasteiger partial charge in [0.25, 0.3) is 5.91 Å². The van der Waals surface area contributed by atoms with Crippen LogP contribution in [0.2, 0.25) is 0 Å². The molecule has 1 N–H and O–H groups in total. The molecule has 1 aromatic carbocycles. The van der Waals surface area contributed by atoms with Crippen molar-refractivity contribution in [2.45, 2.75) is 6.54 Å². The number of aromatic nitrogens is 1. The van der Waals surface area contributed by atoms with Gasteiger partial charge in [0.1, 0.15) is 11.6 Å². The van der Waals surface area contributed by atoms with Gasteiger partial charge < -0.3 is 5.32 Å². The maximum atomic E-state index is 12.0. The average molecular weight is 342 g/mol. The number of halogens is 1. The van der Waals surface area contributed by atoms with E-state index in [0.29, 0.717) is 0 Å². The maximum Gasteiger partial charge on any atom is 0.262 e. The Hall–Kier alpha value is -2.45. The molecule has 0 aliphatic heterocycles. The number of amides is 1. The summed E-state index contributed by atoms with van der Waals surface area (Å²) in [6, 6.07) is 14.8. The molecule has 1 aromatic heterocycles. The number of benzene rings is 1. The van der Waals surface area contributed by atoms with Crippen LogP contribution in [0.4, 0.5) is 0 Å². The van der Waals surface area contributed by atoms with Crippen molar-refractivity contribution in [1.29, 1.82) is 5.26 Å². The summed E-state index contributed by atoms with van der Waals surface area (Å²) < 4.78 is 0.891. The predicted octanol–water partition coefficient (Wildman–Crippen LogP) is 3.07. The molecule has 2 aromatic rings. The van der Waals surface area contributed by atoms with Crippen molar-refractivity contribution in [3.63, 3.8) is 0 Å². The first kappa shape index (κ1) is 14.9. The number of nitriles is 1. The molecule has 0 aliphatic rings. The molecule has 1 heterocycles. The standard InChI is InChI=1S/C16H12BrN3O/c17-14-5-3-4-12(9-14)8-13(10-18)16(21)20-11-15-6-1-2-7-19-15/h1-9H,11H2,(H,20,21)/b13-8+. The van der Waals surface area contributed by atoms with Crippen molar-refractivity contribution >= 4 is 27.9 Å². The zero-order valence-corrected chi connectivity index (χ0v) is 12.7. The van der Waals surface area contributed by atoms with Crippen molar-refractivity contribution in [2.24, 2.45) is 0 Å². The molecule has 0 saturated heterocycles. The van der Waals surface area contributed by atoms with Crippen molar-refractivity contribution in [3.8, 4) is 6.07 Å². The second-order valence-corrected chi connectivity index (χ2v) is 5.14. The highest BCUT2D eigenvalue weighted by Gasteiger charge is 2.08. The van der Waals surface area contributed by atoms with Crippen LogP contribution < -0.4 is 5.32 Å². The van der Waals surface area contributed by atoms with Gasteiger partial charge in [-0.15, -0.1) is 0 Å².